The fourth-order valence-electron chi connectivity index (χ4n) is 2.79. The topological polar surface area (TPSA) is 61.3 Å². The van der Waals surface area contributed by atoms with Gasteiger partial charge >= 0.3 is 5.69 Å². The van der Waals surface area contributed by atoms with Gasteiger partial charge in [0.15, 0.2) is 6.17 Å². The molecular formula is C18H16N4O2. The third kappa shape index (κ3) is 2.45. The molecule has 0 fully saturated rings. The van der Waals surface area contributed by atoms with E-state index in [0.717, 1.165) is 5.56 Å². The van der Waals surface area contributed by atoms with E-state index in [1.54, 1.807) is 23.9 Å². The van der Waals surface area contributed by atoms with Crippen LogP contribution < -0.4 is 21.0 Å². The number of terminal acetylenes is 1. The summed E-state index contributed by atoms with van der Waals surface area (Å²) >= 11 is 0. The van der Waals surface area contributed by atoms with Gasteiger partial charge in [-0.15, -0.1) is 6.42 Å². The highest BCUT2D eigenvalue weighted by atomic mass is 16.2. The highest BCUT2D eigenvalue weighted by Gasteiger charge is 2.36. The van der Waals surface area contributed by atoms with Crippen LogP contribution in [0.3, 0.4) is 0 Å². The summed E-state index contributed by atoms with van der Waals surface area (Å²) in [4.78, 5) is 30.0. The monoisotopic (exact) mass is 320 g/mol. The Kier molecular flexibility index (Phi) is 3.89. The molecule has 1 N–H and O–H groups in total. The number of hydrogen-bond acceptors (Lipinski definition) is 4. The molecule has 1 aliphatic heterocycles. The van der Waals surface area contributed by atoms with Crippen LogP contribution in [-0.2, 0) is 7.05 Å². The number of hydrogen-bond donors (Lipinski definition) is 1. The van der Waals surface area contributed by atoms with Crippen molar-refractivity contribution in [3.63, 3.8) is 0 Å². The molecule has 0 saturated heterocycles. The average molecular weight is 320 g/mol. The van der Waals surface area contributed by atoms with Gasteiger partial charge in [-0.3, -0.25) is 14.3 Å². The van der Waals surface area contributed by atoms with E-state index in [-0.39, 0.29) is 6.54 Å². The first kappa shape index (κ1) is 15.5. The Hall–Kier alpha value is -3.38. The van der Waals surface area contributed by atoms with Crippen molar-refractivity contribution in [3.8, 4) is 24.2 Å². The van der Waals surface area contributed by atoms with Crippen molar-refractivity contribution in [2.75, 3.05) is 23.4 Å². The lowest BCUT2D eigenvalue weighted by molar-refractivity contribution is 0.734. The van der Waals surface area contributed by atoms with E-state index >= 15 is 0 Å². The molecule has 2 heterocycles. The molecule has 120 valence electrons. The minimum absolute atomic E-state index is 0.238. The van der Waals surface area contributed by atoms with Crippen molar-refractivity contribution in [1.29, 1.82) is 0 Å². The van der Waals surface area contributed by atoms with Crippen LogP contribution in [0, 0.1) is 24.2 Å². The van der Waals surface area contributed by atoms with Gasteiger partial charge < -0.3 is 9.80 Å². The second kappa shape index (κ2) is 6.02. The Labute approximate surface area is 139 Å². The van der Waals surface area contributed by atoms with E-state index in [9.17, 15) is 9.59 Å². The molecule has 0 amide bonds. The van der Waals surface area contributed by atoms with E-state index in [4.69, 9.17) is 6.42 Å². The van der Waals surface area contributed by atoms with Gasteiger partial charge in [-0.25, -0.2) is 4.79 Å². The van der Waals surface area contributed by atoms with Crippen molar-refractivity contribution >= 4 is 11.5 Å². The zero-order valence-electron chi connectivity index (χ0n) is 13.4. The number of H-pyrrole nitrogens is 1. The van der Waals surface area contributed by atoms with Crippen LogP contribution in [0.2, 0.25) is 0 Å². The Balaban J connectivity index is 2.13. The second-order valence-corrected chi connectivity index (χ2v) is 5.44. The van der Waals surface area contributed by atoms with Gasteiger partial charge in [-0.2, -0.15) is 0 Å². The first-order valence-corrected chi connectivity index (χ1v) is 7.37. The Bertz CT molecular complexity index is 986. The smallest absolute Gasteiger partial charge is 0.329 e. The highest BCUT2D eigenvalue weighted by Crippen LogP contribution is 2.33. The van der Waals surface area contributed by atoms with Crippen LogP contribution in [0.1, 0.15) is 5.56 Å². The molecule has 0 spiro atoms. The zero-order chi connectivity index (χ0) is 17.3. The van der Waals surface area contributed by atoms with Crippen molar-refractivity contribution in [2.24, 2.45) is 7.05 Å². The minimum Gasteiger partial charge on any atom is -0.337 e. The van der Waals surface area contributed by atoms with Gasteiger partial charge in [0.2, 0.25) is 0 Å². The number of aromatic amines is 1. The lowest BCUT2D eigenvalue weighted by Gasteiger charge is -2.24. The molecule has 1 unspecified atom stereocenters. The van der Waals surface area contributed by atoms with E-state index in [1.165, 1.54) is 4.57 Å². The quantitative estimate of drug-likeness (QED) is 0.770. The van der Waals surface area contributed by atoms with E-state index in [1.807, 2.05) is 30.3 Å². The van der Waals surface area contributed by atoms with Crippen molar-refractivity contribution in [2.45, 2.75) is 6.17 Å². The molecule has 1 aliphatic rings. The normalized spacial score (nSPS) is 15.5. The van der Waals surface area contributed by atoms with E-state index < -0.39 is 17.4 Å². The van der Waals surface area contributed by atoms with Gasteiger partial charge in [0.1, 0.15) is 11.5 Å². The lowest BCUT2D eigenvalue weighted by Crippen LogP contribution is -2.41. The molecule has 6 nitrogen and oxygen atoms in total. The maximum atomic E-state index is 12.2. The third-order valence-corrected chi connectivity index (χ3v) is 3.94. The summed E-state index contributed by atoms with van der Waals surface area (Å²) in [5, 5.41) is 0. The lowest BCUT2D eigenvalue weighted by atomic mass is 10.2. The predicted molar refractivity (Wildman–Crippen MR) is 94.0 cm³/mol. The van der Waals surface area contributed by atoms with Crippen molar-refractivity contribution in [1.82, 2.24) is 9.55 Å². The Morgan fingerprint density at radius 1 is 1.21 bits per heavy atom. The first-order chi connectivity index (χ1) is 11.5. The molecule has 1 aromatic heterocycles. The van der Waals surface area contributed by atoms with Crippen molar-refractivity contribution < 1.29 is 0 Å². The van der Waals surface area contributed by atoms with Crippen LogP contribution in [0.15, 0.2) is 39.9 Å². The number of fused-ring (bicyclic) bond motifs is 1. The third-order valence-electron chi connectivity index (χ3n) is 3.94. The van der Waals surface area contributed by atoms with Gasteiger partial charge in [0, 0.05) is 19.7 Å². The molecule has 6 heteroatoms. The molecule has 2 aromatic rings. The van der Waals surface area contributed by atoms with Crippen molar-refractivity contribution in [3.05, 3.63) is 56.7 Å². The summed E-state index contributed by atoms with van der Waals surface area (Å²) in [7, 11) is 3.36. The van der Waals surface area contributed by atoms with E-state index in [0.29, 0.717) is 11.5 Å². The fraction of sp³-hybridized carbons (Fsp3) is 0.222. The van der Waals surface area contributed by atoms with Gasteiger partial charge in [0.25, 0.3) is 5.56 Å². The number of nitrogens with one attached hydrogen (secondary N) is 1. The Morgan fingerprint density at radius 2 is 1.92 bits per heavy atom. The van der Waals surface area contributed by atoms with Gasteiger partial charge in [0.05, 0.1) is 6.54 Å². The summed E-state index contributed by atoms with van der Waals surface area (Å²) in [6, 6.07) is 9.55. The maximum Gasteiger partial charge on any atom is 0.329 e. The standard InChI is InChI=1S/C18H16N4O2/c1-4-12-22-14(11-10-13-8-6-5-7-9-13)20(2)15-16(23)19-18(24)21(3)17(15)22/h1,5-9,14H,12H2,2-3H3,(H,19,23,24). The maximum absolute atomic E-state index is 12.2. The first-order valence-electron chi connectivity index (χ1n) is 7.37. The number of nitrogens with zero attached hydrogens (tertiary/aromatic N) is 3. The molecule has 3 rings (SSSR count). The average Bonchev–Trinajstić information content (AvgIpc) is 2.85. The summed E-state index contributed by atoms with van der Waals surface area (Å²) in [6.07, 6.45) is 5.05. The largest absolute Gasteiger partial charge is 0.337 e. The fourth-order valence-corrected chi connectivity index (χ4v) is 2.79. The zero-order valence-corrected chi connectivity index (χ0v) is 13.4. The van der Waals surface area contributed by atoms with Crippen LogP contribution in [0.25, 0.3) is 0 Å². The summed E-state index contributed by atoms with van der Waals surface area (Å²) < 4.78 is 1.38. The predicted octanol–water partition coefficient (Wildman–Crippen LogP) is 0.341. The minimum atomic E-state index is -0.481. The van der Waals surface area contributed by atoms with Crippen LogP contribution in [0.5, 0.6) is 0 Å². The molecule has 1 aromatic carbocycles. The van der Waals surface area contributed by atoms with Crippen LogP contribution in [-0.4, -0.2) is 29.3 Å². The van der Waals surface area contributed by atoms with Crippen LogP contribution in [0.4, 0.5) is 11.5 Å². The number of rotatable bonds is 1. The summed E-state index contributed by atoms with van der Waals surface area (Å²) in [6.45, 7) is 0.238. The number of anilines is 2. The van der Waals surface area contributed by atoms with E-state index in [2.05, 4.69) is 22.7 Å². The van der Waals surface area contributed by atoms with Crippen LogP contribution >= 0.6 is 0 Å². The highest BCUT2D eigenvalue weighted by molar-refractivity contribution is 5.75. The second-order valence-electron chi connectivity index (χ2n) is 5.44. The molecule has 24 heavy (non-hydrogen) atoms. The molecule has 0 bridgehead atoms. The molecule has 1 atom stereocenters. The summed E-state index contributed by atoms with van der Waals surface area (Å²) in [5.41, 5.74) is 0.331. The number of aromatic nitrogens is 2. The number of benzene rings is 1. The van der Waals surface area contributed by atoms with Gasteiger partial charge in [-0.05, 0) is 12.1 Å². The Morgan fingerprint density at radius 3 is 2.58 bits per heavy atom. The van der Waals surface area contributed by atoms with Gasteiger partial charge in [-0.1, -0.05) is 36.0 Å². The molecular weight excluding hydrogens is 304 g/mol. The molecule has 0 aliphatic carbocycles. The molecule has 0 radical (unpaired) electrons. The SMILES string of the molecule is C#CCN1c2c(c(=O)[nH]c(=O)n2C)N(C)C1C#Cc1ccccc1. The molecule has 0 saturated carbocycles. The summed E-state index contributed by atoms with van der Waals surface area (Å²) in [5.74, 6) is 9.29.